The molecule has 0 radical (unpaired) electrons. The van der Waals surface area contributed by atoms with Crippen LogP contribution in [0.15, 0.2) is 24.4 Å². The second-order valence-corrected chi connectivity index (χ2v) is 4.65. The molecular formula is C13H17ClN4. The molecule has 4 nitrogen and oxygen atoms in total. The summed E-state index contributed by atoms with van der Waals surface area (Å²) in [6.45, 7) is 5.87. The van der Waals surface area contributed by atoms with Crippen LogP contribution >= 0.6 is 11.6 Å². The molecule has 0 spiro atoms. The van der Waals surface area contributed by atoms with Crippen molar-refractivity contribution in [3.05, 3.63) is 40.7 Å². The molecule has 0 aliphatic heterocycles. The highest BCUT2D eigenvalue weighted by molar-refractivity contribution is 6.31. The van der Waals surface area contributed by atoms with Gasteiger partial charge in [0.05, 0.1) is 17.6 Å². The number of benzene rings is 1. The van der Waals surface area contributed by atoms with Crippen molar-refractivity contribution >= 4 is 11.6 Å². The van der Waals surface area contributed by atoms with Gasteiger partial charge in [-0.2, -0.15) is 0 Å². The van der Waals surface area contributed by atoms with E-state index in [1.807, 2.05) is 29.8 Å². The fourth-order valence-electron chi connectivity index (χ4n) is 1.70. The molecule has 2 aromatic rings. The molecule has 0 aliphatic carbocycles. The Morgan fingerprint density at radius 1 is 1.39 bits per heavy atom. The highest BCUT2D eigenvalue weighted by Gasteiger charge is 2.07. The van der Waals surface area contributed by atoms with E-state index in [0.29, 0.717) is 0 Å². The Balaban J connectivity index is 2.22. The molecule has 5 heteroatoms. The summed E-state index contributed by atoms with van der Waals surface area (Å²) in [5.74, 6) is 0. The number of aryl methyl sites for hydroxylation is 1. The van der Waals surface area contributed by atoms with E-state index in [9.17, 15) is 0 Å². The van der Waals surface area contributed by atoms with Crippen LogP contribution in [-0.4, -0.2) is 21.5 Å². The minimum atomic E-state index is 0.746. The summed E-state index contributed by atoms with van der Waals surface area (Å²) in [5, 5.41) is 12.1. The van der Waals surface area contributed by atoms with Gasteiger partial charge in [0.1, 0.15) is 0 Å². The third-order valence-electron chi connectivity index (χ3n) is 2.75. The normalized spacial score (nSPS) is 10.8. The molecule has 1 aromatic heterocycles. The van der Waals surface area contributed by atoms with Crippen LogP contribution in [-0.2, 0) is 6.54 Å². The zero-order valence-corrected chi connectivity index (χ0v) is 11.4. The fraction of sp³-hybridized carbons (Fsp3) is 0.385. The average molecular weight is 265 g/mol. The largest absolute Gasteiger partial charge is 0.311 e. The third kappa shape index (κ3) is 2.89. The van der Waals surface area contributed by atoms with Crippen LogP contribution in [0.25, 0.3) is 5.69 Å². The van der Waals surface area contributed by atoms with Crippen molar-refractivity contribution in [2.75, 3.05) is 6.54 Å². The number of halogens is 1. The van der Waals surface area contributed by atoms with Crippen LogP contribution < -0.4 is 5.32 Å². The Morgan fingerprint density at radius 3 is 2.94 bits per heavy atom. The molecule has 2 rings (SSSR count). The van der Waals surface area contributed by atoms with Gasteiger partial charge in [-0.05, 0) is 37.6 Å². The highest BCUT2D eigenvalue weighted by Crippen LogP contribution is 2.19. The van der Waals surface area contributed by atoms with Crippen molar-refractivity contribution in [3.63, 3.8) is 0 Å². The van der Waals surface area contributed by atoms with Crippen LogP contribution in [0.1, 0.15) is 24.6 Å². The van der Waals surface area contributed by atoms with E-state index < -0.39 is 0 Å². The maximum absolute atomic E-state index is 6.13. The van der Waals surface area contributed by atoms with Crippen molar-refractivity contribution in [2.45, 2.75) is 26.8 Å². The molecule has 0 amide bonds. The summed E-state index contributed by atoms with van der Waals surface area (Å²) in [7, 11) is 0. The van der Waals surface area contributed by atoms with Crippen molar-refractivity contribution in [1.29, 1.82) is 0 Å². The van der Waals surface area contributed by atoms with Crippen molar-refractivity contribution < 1.29 is 0 Å². The summed E-state index contributed by atoms with van der Waals surface area (Å²) >= 11 is 6.13. The number of aromatic nitrogens is 3. The Bertz CT molecular complexity index is 521. The van der Waals surface area contributed by atoms with Gasteiger partial charge in [-0.3, -0.25) is 0 Å². The van der Waals surface area contributed by atoms with Crippen LogP contribution in [0.5, 0.6) is 0 Å². The summed E-state index contributed by atoms with van der Waals surface area (Å²) in [5.41, 5.74) is 3.03. The molecule has 0 saturated heterocycles. The first kappa shape index (κ1) is 13.1. The third-order valence-corrected chi connectivity index (χ3v) is 3.16. The number of nitrogens with zero attached hydrogens (tertiary/aromatic N) is 3. The molecule has 0 atom stereocenters. The number of hydrogen-bond acceptors (Lipinski definition) is 3. The van der Waals surface area contributed by atoms with E-state index in [4.69, 9.17) is 11.6 Å². The monoisotopic (exact) mass is 264 g/mol. The van der Waals surface area contributed by atoms with E-state index in [0.717, 1.165) is 41.5 Å². The molecular weight excluding hydrogens is 248 g/mol. The Labute approximate surface area is 112 Å². The zero-order valence-electron chi connectivity index (χ0n) is 10.7. The molecule has 0 unspecified atom stereocenters. The lowest BCUT2D eigenvalue weighted by Crippen LogP contribution is -2.16. The minimum absolute atomic E-state index is 0.746. The molecule has 18 heavy (non-hydrogen) atoms. The Kier molecular flexibility index (Phi) is 4.33. The van der Waals surface area contributed by atoms with Gasteiger partial charge in [-0.1, -0.05) is 29.8 Å². The topological polar surface area (TPSA) is 42.7 Å². The van der Waals surface area contributed by atoms with E-state index in [1.165, 1.54) is 0 Å². The van der Waals surface area contributed by atoms with Gasteiger partial charge in [-0.25, -0.2) is 4.68 Å². The summed E-state index contributed by atoms with van der Waals surface area (Å²) < 4.78 is 1.81. The van der Waals surface area contributed by atoms with Crippen LogP contribution in [0, 0.1) is 6.92 Å². The van der Waals surface area contributed by atoms with Gasteiger partial charge < -0.3 is 5.32 Å². The van der Waals surface area contributed by atoms with Crippen LogP contribution in [0.3, 0.4) is 0 Å². The quantitative estimate of drug-likeness (QED) is 0.845. The minimum Gasteiger partial charge on any atom is -0.311 e. The van der Waals surface area contributed by atoms with Gasteiger partial charge in [0.2, 0.25) is 0 Å². The van der Waals surface area contributed by atoms with E-state index in [2.05, 4.69) is 22.6 Å². The van der Waals surface area contributed by atoms with Crippen LogP contribution in [0.4, 0.5) is 0 Å². The summed E-state index contributed by atoms with van der Waals surface area (Å²) in [6, 6.07) is 5.90. The predicted molar refractivity (Wildman–Crippen MR) is 73.1 cm³/mol. The molecule has 0 aliphatic rings. The molecule has 0 bridgehead atoms. The summed E-state index contributed by atoms with van der Waals surface area (Å²) in [6.07, 6.45) is 2.88. The van der Waals surface area contributed by atoms with E-state index in [1.54, 1.807) is 6.20 Å². The number of hydrogen-bond donors (Lipinski definition) is 1. The fourth-order valence-corrected chi connectivity index (χ4v) is 1.88. The standard InChI is InChI=1S/C13H17ClN4/c1-3-6-15-8-12-9-16-17-18(12)11-5-4-10(2)13(14)7-11/h4-5,7,9,15H,3,6,8H2,1-2H3. The smallest absolute Gasteiger partial charge is 0.0783 e. The van der Waals surface area contributed by atoms with Crippen molar-refractivity contribution in [1.82, 2.24) is 20.3 Å². The second-order valence-electron chi connectivity index (χ2n) is 4.25. The van der Waals surface area contributed by atoms with E-state index >= 15 is 0 Å². The molecule has 1 heterocycles. The second kappa shape index (κ2) is 5.98. The van der Waals surface area contributed by atoms with Gasteiger partial charge in [0.15, 0.2) is 0 Å². The molecule has 96 valence electrons. The van der Waals surface area contributed by atoms with Crippen LogP contribution in [0.2, 0.25) is 5.02 Å². The molecule has 1 aromatic carbocycles. The molecule has 0 fully saturated rings. The van der Waals surface area contributed by atoms with Gasteiger partial charge in [0.25, 0.3) is 0 Å². The lowest BCUT2D eigenvalue weighted by molar-refractivity contribution is 0.641. The van der Waals surface area contributed by atoms with Crippen molar-refractivity contribution in [3.8, 4) is 5.69 Å². The number of rotatable bonds is 5. The first-order valence-electron chi connectivity index (χ1n) is 6.09. The van der Waals surface area contributed by atoms with Crippen molar-refractivity contribution in [2.24, 2.45) is 0 Å². The lowest BCUT2D eigenvalue weighted by Gasteiger charge is -2.08. The SMILES string of the molecule is CCCNCc1cnnn1-c1ccc(C)c(Cl)c1. The zero-order chi connectivity index (χ0) is 13.0. The molecule has 1 N–H and O–H groups in total. The lowest BCUT2D eigenvalue weighted by atomic mass is 10.2. The van der Waals surface area contributed by atoms with Gasteiger partial charge in [-0.15, -0.1) is 5.10 Å². The number of nitrogens with one attached hydrogen (secondary N) is 1. The Morgan fingerprint density at radius 2 is 2.22 bits per heavy atom. The summed E-state index contributed by atoms with van der Waals surface area (Å²) in [4.78, 5) is 0. The molecule has 0 saturated carbocycles. The Hall–Kier alpha value is -1.39. The predicted octanol–water partition coefficient (Wildman–Crippen LogP) is 2.73. The first-order valence-corrected chi connectivity index (χ1v) is 6.47. The maximum Gasteiger partial charge on any atom is 0.0783 e. The van der Waals surface area contributed by atoms with Gasteiger partial charge in [0, 0.05) is 11.6 Å². The maximum atomic E-state index is 6.13. The van der Waals surface area contributed by atoms with Gasteiger partial charge >= 0.3 is 0 Å². The average Bonchev–Trinajstić information content (AvgIpc) is 2.81. The van der Waals surface area contributed by atoms with E-state index in [-0.39, 0.29) is 0 Å². The highest BCUT2D eigenvalue weighted by atomic mass is 35.5. The first-order chi connectivity index (χ1) is 8.72.